The molecule has 0 fully saturated rings. The van der Waals surface area contributed by atoms with Crippen LogP contribution in [0.3, 0.4) is 0 Å². The molecule has 0 N–H and O–H groups in total. The van der Waals surface area contributed by atoms with Crippen LogP contribution < -0.4 is 4.74 Å². The van der Waals surface area contributed by atoms with E-state index >= 15 is 0 Å². The number of carbonyl (C=O) groups is 1. The normalized spacial score (nSPS) is 10.3. The third-order valence-electron chi connectivity index (χ3n) is 2.52. The number of hydrogen-bond acceptors (Lipinski definition) is 3. The predicted octanol–water partition coefficient (Wildman–Crippen LogP) is 2.67. The van der Waals surface area contributed by atoms with Crippen molar-refractivity contribution in [1.82, 2.24) is 9.78 Å². The highest BCUT2D eigenvalue weighted by molar-refractivity contribution is 9.10. The van der Waals surface area contributed by atoms with Gasteiger partial charge in [0.2, 0.25) is 0 Å². The first-order valence-electron chi connectivity index (χ1n) is 4.98. The summed E-state index contributed by atoms with van der Waals surface area (Å²) < 4.78 is 7.69. The molecule has 0 unspecified atom stereocenters. The fraction of sp³-hybridized carbons (Fsp3) is 0.167. The van der Waals surface area contributed by atoms with E-state index in [2.05, 4.69) is 21.0 Å². The number of benzene rings is 1. The number of aryl methyl sites for hydroxylation is 1. The molecule has 1 heterocycles. The molecule has 0 saturated carbocycles. The van der Waals surface area contributed by atoms with Crippen LogP contribution in [0.25, 0.3) is 11.3 Å². The first-order chi connectivity index (χ1) is 8.17. The Morgan fingerprint density at radius 2 is 2.24 bits per heavy atom. The van der Waals surface area contributed by atoms with E-state index in [1.54, 1.807) is 25.0 Å². The van der Waals surface area contributed by atoms with Gasteiger partial charge in [0, 0.05) is 12.6 Å². The number of methoxy groups -OCH3 is 1. The van der Waals surface area contributed by atoms with Gasteiger partial charge >= 0.3 is 0 Å². The van der Waals surface area contributed by atoms with E-state index in [0.29, 0.717) is 5.56 Å². The van der Waals surface area contributed by atoms with Gasteiger partial charge < -0.3 is 4.74 Å². The van der Waals surface area contributed by atoms with Gasteiger partial charge in [-0.1, -0.05) is 0 Å². The van der Waals surface area contributed by atoms with E-state index in [1.165, 1.54) is 0 Å². The third-order valence-corrected chi connectivity index (χ3v) is 3.14. The first-order valence-corrected chi connectivity index (χ1v) is 5.77. The standard InChI is InChI=1S/C12H11BrN2O2/c1-15-12(9(7-16)6-14-15)8-3-4-11(17-2)10(13)5-8/h3-7H,1-2H3. The summed E-state index contributed by atoms with van der Waals surface area (Å²) in [6.45, 7) is 0. The summed E-state index contributed by atoms with van der Waals surface area (Å²) >= 11 is 3.42. The maximum atomic E-state index is 10.9. The quantitative estimate of drug-likeness (QED) is 0.818. The van der Waals surface area contributed by atoms with Crippen LogP contribution in [0.2, 0.25) is 0 Å². The van der Waals surface area contributed by atoms with Gasteiger partial charge in [-0.15, -0.1) is 0 Å². The Bertz CT molecular complexity index is 564. The molecule has 0 aliphatic carbocycles. The summed E-state index contributed by atoms with van der Waals surface area (Å²) in [6.07, 6.45) is 2.36. The maximum absolute atomic E-state index is 10.9. The molecule has 17 heavy (non-hydrogen) atoms. The Hall–Kier alpha value is -1.62. The van der Waals surface area contributed by atoms with Gasteiger partial charge in [0.15, 0.2) is 6.29 Å². The number of aromatic nitrogens is 2. The SMILES string of the molecule is COc1ccc(-c2c(C=O)cnn2C)cc1Br. The number of rotatable bonds is 3. The van der Waals surface area contributed by atoms with E-state index < -0.39 is 0 Å². The number of nitrogens with zero attached hydrogens (tertiary/aromatic N) is 2. The molecule has 0 aliphatic heterocycles. The molecule has 1 aromatic carbocycles. The smallest absolute Gasteiger partial charge is 0.153 e. The Kier molecular flexibility index (Phi) is 3.28. The molecule has 88 valence electrons. The van der Waals surface area contributed by atoms with Crippen LogP contribution in [0.15, 0.2) is 28.9 Å². The Morgan fingerprint density at radius 3 is 2.82 bits per heavy atom. The number of hydrogen-bond donors (Lipinski definition) is 0. The molecule has 2 aromatic rings. The molecule has 0 bridgehead atoms. The molecule has 0 aliphatic rings. The number of aldehydes is 1. The van der Waals surface area contributed by atoms with Crippen LogP contribution in [-0.2, 0) is 7.05 Å². The van der Waals surface area contributed by atoms with Gasteiger partial charge in [-0.2, -0.15) is 5.10 Å². The van der Waals surface area contributed by atoms with Crippen LogP contribution in [0.4, 0.5) is 0 Å². The average molecular weight is 295 g/mol. The van der Waals surface area contributed by atoms with Crippen molar-refractivity contribution in [3.63, 3.8) is 0 Å². The highest BCUT2D eigenvalue weighted by Gasteiger charge is 2.11. The predicted molar refractivity (Wildman–Crippen MR) is 68.3 cm³/mol. The highest BCUT2D eigenvalue weighted by Crippen LogP contribution is 2.31. The molecule has 0 amide bonds. The fourth-order valence-electron chi connectivity index (χ4n) is 1.71. The van der Waals surface area contributed by atoms with Gasteiger partial charge in [-0.05, 0) is 34.1 Å². The lowest BCUT2D eigenvalue weighted by molar-refractivity contribution is 0.112. The van der Waals surface area contributed by atoms with Gasteiger partial charge in [0.1, 0.15) is 5.75 Å². The minimum Gasteiger partial charge on any atom is -0.496 e. The summed E-state index contributed by atoms with van der Waals surface area (Å²) in [5, 5.41) is 4.07. The Balaban J connectivity index is 2.56. The van der Waals surface area contributed by atoms with Crippen molar-refractivity contribution in [3.8, 4) is 17.0 Å². The molecule has 0 saturated heterocycles. The van der Waals surface area contributed by atoms with Crippen LogP contribution >= 0.6 is 15.9 Å². The largest absolute Gasteiger partial charge is 0.496 e. The molecule has 0 radical (unpaired) electrons. The zero-order valence-corrected chi connectivity index (χ0v) is 11.1. The molecule has 0 atom stereocenters. The molecular weight excluding hydrogens is 284 g/mol. The number of carbonyl (C=O) groups excluding carboxylic acids is 1. The van der Waals surface area contributed by atoms with Gasteiger partial charge in [-0.3, -0.25) is 9.48 Å². The average Bonchev–Trinajstić information content (AvgIpc) is 2.70. The Labute approximate surface area is 107 Å². The second-order valence-corrected chi connectivity index (χ2v) is 4.39. The molecule has 4 nitrogen and oxygen atoms in total. The minimum absolute atomic E-state index is 0.574. The zero-order chi connectivity index (χ0) is 12.4. The van der Waals surface area contributed by atoms with Crippen LogP contribution in [0.1, 0.15) is 10.4 Å². The minimum atomic E-state index is 0.574. The van der Waals surface area contributed by atoms with E-state index in [1.807, 2.05) is 18.2 Å². The highest BCUT2D eigenvalue weighted by atomic mass is 79.9. The summed E-state index contributed by atoms with van der Waals surface area (Å²) in [5.41, 5.74) is 2.28. The number of ether oxygens (including phenoxy) is 1. The Morgan fingerprint density at radius 1 is 1.47 bits per heavy atom. The van der Waals surface area contributed by atoms with Crippen molar-refractivity contribution in [2.75, 3.05) is 7.11 Å². The topological polar surface area (TPSA) is 44.1 Å². The van der Waals surface area contributed by atoms with E-state index in [9.17, 15) is 4.79 Å². The third kappa shape index (κ3) is 2.10. The van der Waals surface area contributed by atoms with Crippen molar-refractivity contribution < 1.29 is 9.53 Å². The second kappa shape index (κ2) is 4.71. The maximum Gasteiger partial charge on any atom is 0.153 e. The molecule has 0 spiro atoms. The zero-order valence-electron chi connectivity index (χ0n) is 9.48. The molecule has 5 heteroatoms. The van der Waals surface area contributed by atoms with Crippen molar-refractivity contribution in [1.29, 1.82) is 0 Å². The lowest BCUT2D eigenvalue weighted by Crippen LogP contribution is -1.96. The van der Waals surface area contributed by atoms with Gasteiger partial charge in [0.05, 0.1) is 29.0 Å². The summed E-state index contributed by atoms with van der Waals surface area (Å²) in [5.74, 6) is 0.753. The van der Waals surface area contributed by atoms with Gasteiger partial charge in [0.25, 0.3) is 0 Å². The molecular formula is C12H11BrN2O2. The monoisotopic (exact) mass is 294 g/mol. The van der Waals surface area contributed by atoms with Crippen molar-refractivity contribution in [2.45, 2.75) is 0 Å². The van der Waals surface area contributed by atoms with Crippen molar-refractivity contribution >= 4 is 22.2 Å². The summed E-state index contributed by atoms with van der Waals surface area (Å²) in [4.78, 5) is 10.9. The molecule has 2 rings (SSSR count). The van der Waals surface area contributed by atoms with E-state index in [4.69, 9.17) is 4.74 Å². The van der Waals surface area contributed by atoms with E-state index in [-0.39, 0.29) is 0 Å². The van der Waals surface area contributed by atoms with Crippen molar-refractivity contribution in [3.05, 3.63) is 34.4 Å². The lowest BCUT2D eigenvalue weighted by atomic mass is 10.1. The van der Waals surface area contributed by atoms with Crippen LogP contribution in [-0.4, -0.2) is 23.2 Å². The van der Waals surface area contributed by atoms with Crippen molar-refractivity contribution in [2.24, 2.45) is 7.05 Å². The number of halogens is 1. The second-order valence-electron chi connectivity index (χ2n) is 3.54. The van der Waals surface area contributed by atoms with E-state index in [0.717, 1.165) is 27.8 Å². The molecule has 1 aromatic heterocycles. The van der Waals surface area contributed by atoms with Crippen LogP contribution in [0, 0.1) is 0 Å². The van der Waals surface area contributed by atoms with Gasteiger partial charge in [-0.25, -0.2) is 0 Å². The fourth-order valence-corrected chi connectivity index (χ4v) is 2.25. The lowest BCUT2D eigenvalue weighted by Gasteiger charge is -2.07. The first kappa shape index (κ1) is 11.9. The summed E-state index contributed by atoms with van der Waals surface area (Å²) in [7, 11) is 3.42. The van der Waals surface area contributed by atoms with Crippen LogP contribution in [0.5, 0.6) is 5.75 Å². The summed E-state index contributed by atoms with van der Waals surface area (Å²) in [6, 6.07) is 5.65.